The van der Waals surface area contributed by atoms with E-state index in [-0.39, 0.29) is 12.0 Å². The normalized spacial score (nSPS) is 16.9. The minimum Gasteiger partial charge on any atom is -0.462 e. The lowest BCUT2D eigenvalue weighted by Gasteiger charge is -2.26. The van der Waals surface area contributed by atoms with Gasteiger partial charge in [-0.05, 0) is 26.7 Å². The van der Waals surface area contributed by atoms with E-state index >= 15 is 0 Å². The van der Waals surface area contributed by atoms with Crippen LogP contribution in [0, 0.1) is 0 Å². The molecule has 1 saturated heterocycles. The molecule has 1 N–H and O–H groups in total. The maximum atomic E-state index is 12.9. The number of nitrogens with zero attached hydrogens (tertiary/aromatic N) is 3. The zero-order valence-electron chi connectivity index (χ0n) is 15.7. The molecule has 7 nitrogen and oxygen atoms in total. The molecule has 1 aliphatic heterocycles. The van der Waals surface area contributed by atoms with Gasteiger partial charge in [-0.3, -0.25) is 0 Å². The summed E-state index contributed by atoms with van der Waals surface area (Å²) < 4.78 is 12.7. The lowest BCUT2D eigenvalue weighted by atomic mass is 9.97. The fourth-order valence-corrected chi connectivity index (χ4v) is 3.48. The number of fused-ring (bicyclic) bond motifs is 1. The Morgan fingerprint density at radius 3 is 2.78 bits per heavy atom. The van der Waals surface area contributed by atoms with Crippen LogP contribution in [0.4, 0.5) is 5.69 Å². The molecule has 3 heterocycles. The second-order valence-corrected chi connectivity index (χ2v) is 6.64. The van der Waals surface area contributed by atoms with Crippen molar-refractivity contribution in [3.05, 3.63) is 35.7 Å². The van der Waals surface area contributed by atoms with Gasteiger partial charge >= 0.3 is 5.97 Å². The van der Waals surface area contributed by atoms with E-state index in [1.165, 1.54) is 0 Å². The number of anilines is 1. The van der Waals surface area contributed by atoms with Crippen molar-refractivity contribution in [3.8, 4) is 0 Å². The van der Waals surface area contributed by atoms with Crippen LogP contribution >= 0.6 is 0 Å². The number of aryl methyl sites for hydroxylation is 1. The number of aromatic nitrogens is 3. The number of hydrogen-bond acceptors (Lipinski definition) is 6. The first-order valence-electron chi connectivity index (χ1n) is 9.52. The maximum absolute atomic E-state index is 12.9. The molecule has 0 radical (unpaired) electrons. The van der Waals surface area contributed by atoms with Gasteiger partial charge in [0.1, 0.15) is 5.56 Å². The Balaban J connectivity index is 1.90. The van der Waals surface area contributed by atoms with Crippen molar-refractivity contribution in [2.24, 2.45) is 0 Å². The fraction of sp³-hybridized carbons (Fsp3) is 0.450. The van der Waals surface area contributed by atoms with Crippen LogP contribution in [0.1, 0.15) is 42.7 Å². The molecule has 2 aromatic heterocycles. The van der Waals surface area contributed by atoms with Gasteiger partial charge in [-0.1, -0.05) is 18.2 Å². The molecule has 0 unspecified atom stereocenters. The lowest BCUT2D eigenvalue weighted by Crippen LogP contribution is -2.29. The highest BCUT2D eigenvalue weighted by atomic mass is 16.5. The summed E-state index contributed by atoms with van der Waals surface area (Å²) in [4.78, 5) is 17.7. The van der Waals surface area contributed by atoms with Crippen molar-refractivity contribution in [2.75, 3.05) is 25.1 Å². The maximum Gasteiger partial charge on any atom is 0.342 e. The van der Waals surface area contributed by atoms with Crippen molar-refractivity contribution in [1.82, 2.24) is 14.8 Å². The summed E-state index contributed by atoms with van der Waals surface area (Å²) >= 11 is 0. The number of carbonyl (C=O) groups excluding carboxylic acids is 1. The zero-order chi connectivity index (χ0) is 18.8. The van der Waals surface area contributed by atoms with Gasteiger partial charge in [0.2, 0.25) is 0 Å². The number of ether oxygens (including phenoxy) is 2. The third-order valence-corrected chi connectivity index (χ3v) is 4.96. The second-order valence-electron chi connectivity index (χ2n) is 6.64. The van der Waals surface area contributed by atoms with Crippen molar-refractivity contribution >= 4 is 28.3 Å². The Labute approximate surface area is 158 Å². The Morgan fingerprint density at radius 1 is 1.37 bits per heavy atom. The molecule has 2 aliphatic rings. The first-order valence-corrected chi connectivity index (χ1v) is 9.52. The number of allylic oxidation sites excluding steroid dienone is 4. The molecule has 0 aromatic carbocycles. The van der Waals surface area contributed by atoms with Crippen LogP contribution in [0.25, 0.3) is 16.6 Å². The molecular weight excluding hydrogens is 344 g/mol. The molecule has 0 atom stereocenters. The molecule has 0 amide bonds. The van der Waals surface area contributed by atoms with Crippen LogP contribution in [-0.4, -0.2) is 46.6 Å². The average Bonchev–Trinajstić information content (AvgIpc) is 3.04. The summed E-state index contributed by atoms with van der Waals surface area (Å²) in [6.07, 6.45) is 9.44. The van der Waals surface area contributed by atoms with Gasteiger partial charge in [-0.2, -0.15) is 5.10 Å². The van der Waals surface area contributed by atoms with E-state index in [1.54, 1.807) is 6.20 Å². The van der Waals surface area contributed by atoms with Crippen LogP contribution in [0.3, 0.4) is 0 Å². The Hall–Kier alpha value is -2.67. The highest BCUT2D eigenvalue weighted by molar-refractivity contribution is 6.09. The van der Waals surface area contributed by atoms with Crippen molar-refractivity contribution in [2.45, 2.75) is 39.3 Å². The van der Waals surface area contributed by atoms with Crippen LogP contribution in [0.5, 0.6) is 0 Å². The largest absolute Gasteiger partial charge is 0.462 e. The highest BCUT2D eigenvalue weighted by Crippen LogP contribution is 2.35. The molecule has 7 heteroatoms. The Morgan fingerprint density at radius 2 is 2.15 bits per heavy atom. The van der Waals surface area contributed by atoms with E-state index in [2.05, 4.69) is 10.4 Å². The number of esters is 1. The standard InChI is InChI=1S/C20H24N4O3/c1-3-24-19-15(12-21-24)18(22-14-8-10-26-11-9-14)16(20(25)27-4-2)17(23-19)13-6-5-7-13/h5-7,12,14H,3-4,8-11H2,1-2H3,(H,22,23). The lowest BCUT2D eigenvalue weighted by molar-refractivity contribution is 0.0526. The molecule has 2 aromatic rings. The first kappa shape index (κ1) is 17.7. The van der Waals surface area contributed by atoms with Gasteiger partial charge in [0.05, 0.1) is 29.6 Å². The first-order chi connectivity index (χ1) is 13.2. The van der Waals surface area contributed by atoms with Crippen molar-refractivity contribution in [3.63, 3.8) is 0 Å². The van der Waals surface area contributed by atoms with Gasteiger partial charge in [0, 0.05) is 31.4 Å². The molecule has 142 valence electrons. The number of hydrogen-bond donors (Lipinski definition) is 1. The predicted molar refractivity (Wildman–Crippen MR) is 104 cm³/mol. The molecule has 27 heavy (non-hydrogen) atoms. The van der Waals surface area contributed by atoms with Crippen LogP contribution in [-0.2, 0) is 16.0 Å². The summed E-state index contributed by atoms with van der Waals surface area (Å²) in [5.41, 5.74) is 3.60. The van der Waals surface area contributed by atoms with Gasteiger partial charge in [-0.25, -0.2) is 14.5 Å². The van der Waals surface area contributed by atoms with Gasteiger partial charge in [0.25, 0.3) is 0 Å². The zero-order valence-corrected chi connectivity index (χ0v) is 15.7. The van der Waals surface area contributed by atoms with Gasteiger partial charge in [0.15, 0.2) is 5.65 Å². The quantitative estimate of drug-likeness (QED) is 0.789. The van der Waals surface area contributed by atoms with Crippen molar-refractivity contribution < 1.29 is 14.3 Å². The van der Waals surface area contributed by atoms with Crippen molar-refractivity contribution in [1.29, 1.82) is 0 Å². The topological polar surface area (TPSA) is 78.3 Å². The molecule has 0 spiro atoms. The molecule has 0 bridgehead atoms. The number of rotatable bonds is 6. The minimum atomic E-state index is -0.359. The Kier molecular flexibility index (Phi) is 4.94. The van der Waals surface area contributed by atoms with E-state index in [0.717, 1.165) is 48.3 Å². The number of nitrogens with one attached hydrogen (secondary N) is 1. The van der Waals surface area contributed by atoms with E-state index < -0.39 is 0 Å². The third kappa shape index (κ3) is 3.23. The molecule has 4 rings (SSSR count). The summed E-state index contributed by atoms with van der Waals surface area (Å²) in [6.45, 7) is 6.30. The molecular formula is C20H24N4O3. The molecule has 0 saturated carbocycles. The summed E-state index contributed by atoms with van der Waals surface area (Å²) in [7, 11) is 0. The second kappa shape index (κ2) is 7.52. The SMILES string of the molecule is CCOC(=O)c1c(C2=CC=C2)nc2c(cnn2CC)c1NC1CCOCC1. The third-order valence-electron chi connectivity index (χ3n) is 4.96. The summed E-state index contributed by atoms with van der Waals surface area (Å²) in [5, 5.41) is 8.89. The van der Waals surface area contributed by atoms with Gasteiger partial charge < -0.3 is 14.8 Å². The molecule has 1 fully saturated rings. The number of pyridine rings is 1. The summed E-state index contributed by atoms with van der Waals surface area (Å²) in [5.74, 6) is -0.359. The Bertz CT molecular complexity index is 923. The van der Waals surface area contributed by atoms with Gasteiger partial charge in [-0.15, -0.1) is 0 Å². The van der Waals surface area contributed by atoms with Crippen LogP contribution < -0.4 is 5.32 Å². The predicted octanol–water partition coefficient (Wildman–Crippen LogP) is 3.17. The fourth-order valence-electron chi connectivity index (χ4n) is 3.48. The van der Waals surface area contributed by atoms with E-state index in [9.17, 15) is 4.79 Å². The van der Waals surface area contributed by atoms with E-state index in [0.29, 0.717) is 24.4 Å². The summed E-state index contributed by atoms with van der Waals surface area (Å²) in [6, 6.07) is 0.237. The van der Waals surface area contributed by atoms with E-state index in [4.69, 9.17) is 14.5 Å². The van der Waals surface area contributed by atoms with E-state index in [1.807, 2.05) is 36.8 Å². The highest BCUT2D eigenvalue weighted by Gasteiger charge is 2.28. The minimum absolute atomic E-state index is 0.237. The average molecular weight is 368 g/mol. The van der Waals surface area contributed by atoms with Crippen LogP contribution in [0.2, 0.25) is 0 Å². The smallest absolute Gasteiger partial charge is 0.342 e. The van der Waals surface area contributed by atoms with Crippen LogP contribution in [0.15, 0.2) is 24.4 Å². The monoisotopic (exact) mass is 368 g/mol. The molecule has 1 aliphatic carbocycles. The number of carbonyl (C=O) groups is 1.